The fourth-order valence-corrected chi connectivity index (χ4v) is 2.77. The molecule has 3 aromatic carbocycles. The van der Waals surface area contributed by atoms with Crippen LogP contribution in [0.3, 0.4) is 0 Å². The third kappa shape index (κ3) is 5.69. The number of ether oxygens (including phenoxy) is 1. The van der Waals surface area contributed by atoms with Crippen molar-refractivity contribution in [3.8, 4) is 5.75 Å². The minimum Gasteiger partial charge on any atom is -0.484 e. The largest absolute Gasteiger partial charge is 0.484 e. The lowest BCUT2D eigenvalue weighted by Gasteiger charge is -2.18. The Labute approximate surface area is 170 Å². The summed E-state index contributed by atoms with van der Waals surface area (Å²) in [7, 11) is 1.73. The van der Waals surface area contributed by atoms with Crippen LogP contribution in [0.2, 0.25) is 0 Å². The minimum absolute atomic E-state index is 0.0652. The number of rotatable bonds is 7. The number of carbonyl (C=O) groups excluding carboxylic acids is 2. The van der Waals surface area contributed by atoms with E-state index < -0.39 is 0 Å². The van der Waals surface area contributed by atoms with Gasteiger partial charge in [0.2, 0.25) is 0 Å². The van der Waals surface area contributed by atoms with Crippen LogP contribution in [0.1, 0.15) is 21.5 Å². The Kier molecular flexibility index (Phi) is 6.63. The third-order valence-corrected chi connectivity index (χ3v) is 4.53. The van der Waals surface area contributed by atoms with Gasteiger partial charge in [0, 0.05) is 24.8 Å². The van der Waals surface area contributed by atoms with E-state index in [1.54, 1.807) is 36.2 Å². The highest BCUT2D eigenvalue weighted by Gasteiger charge is 2.13. The first-order valence-corrected chi connectivity index (χ1v) is 9.41. The van der Waals surface area contributed by atoms with E-state index in [-0.39, 0.29) is 18.4 Å². The predicted molar refractivity (Wildman–Crippen MR) is 114 cm³/mol. The van der Waals surface area contributed by atoms with Crippen LogP contribution in [0, 0.1) is 6.92 Å². The molecule has 0 unspecified atom stereocenters. The van der Waals surface area contributed by atoms with Gasteiger partial charge >= 0.3 is 0 Å². The number of carbonyl (C=O) groups is 2. The molecule has 0 bridgehead atoms. The van der Waals surface area contributed by atoms with Crippen LogP contribution < -0.4 is 15.0 Å². The molecule has 29 heavy (non-hydrogen) atoms. The zero-order valence-corrected chi connectivity index (χ0v) is 16.6. The van der Waals surface area contributed by atoms with Gasteiger partial charge in [-0.3, -0.25) is 9.59 Å². The van der Waals surface area contributed by atoms with Crippen LogP contribution in [0.4, 0.5) is 5.69 Å². The van der Waals surface area contributed by atoms with Crippen molar-refractivity contribution in [3.63, 3.8) is 0 Å². The molecule has 0 aliphatic carbocycles. The number of hydrogen-bond acceptors (Lipinski definition) is 3. The first-order valence-electron chi connectivity index (χ1n) is 9.41. The van der Waals surface area contributed by atoms with Crippen molar-refractivity contribution in [3.05, 3.63) is 95.6 Å². The van der Waals surface area contributed by atoms with Gasteiger partial charge < -0.3 is 15.0 Å². The Morgan fingerprint density at radius 2 is 1.55 bits per heavy atom. The van der Waals surface area contributed by atoms with Crippen LogP contribution in [0.15, 0.2) is 78.9 Å². The maximum Gasteiger partial charge on any atom is 0.258 e. The van der Waals surface area contributed by atoms with E-state index in [1.807, 2.05) is 61.5 Å². The maximum atomic E-state index is 12.6. The lowest BCUT2D eigenvalue weighted by atomic mass is 10.1. The molecule has 3 aromatic rings. The maximum absolute atomic E-state index is 12.6. The molecule has 0 atom stereocenters. The second-order valence-electron chi connectivity index (χ2n) is 6.78. The minimum atomic E-state index is -0.190. The molecule has 0 radical (unpaired) electrons. The number of aryl methyl sites for hydroxylation is 1. The van der Waals surface area contributed by atoms with Crippen molar-refractivity contribution < 1.29 is 14.3 Å². The summed E-state index contributed by atoms with van der Waals surface area (Å²) in [6, 6.07) is 24.3. The molecule has 0 spiro atoms. The Balaban J connectivity index is 1.51. The summed E-state index contributed by atoms with van der Waals surface area (Å²) in [6.07, 6.45) is 0. The number of hydrogen-bond donors (Lipinski definition) is 1. The molecule has 2 amide bonds. The smallest absolute Gasteiger partial charge is 0.258 e. The topological polar surface area (TPSA) is 58.6 Å². The van der Waals surface area contributed by atoms with Gasteiger partial charge in [-0.05, 0) is 48.9 Å². The Hall–Kier alpha value is -3.60. The first-order chi connectivity index (χ1) is 14.0. The number of anilines is 1. The van der Waals surface area contributed by atoms with E-state index in [0.717, 1.165) is 16.8 Å². The summed E-state index contributed by atoms with van der Waals surface area (Å²) in [4.78, 5) is 26.1. The Morgan fingerprint density at radius 1 is 0.897 bits per heavy atom. The average Bonchev–Trinajstić information content (AvgIpc) is 2.77. The number of nitrogens with zero attached hydrogens (tertiary/aromatic N) is 1. The SMILES string of the molecule is Cc1ccc(C(=O)N(C)c2ccc(OCC(=O)NCc3ccccc3)cc2)cc1. The first kappa shape index (κ1) is 20.1. The lowest BCUT2D eigenvalue weighted by Crippen LogP contribution is -2.28. The van der Waals surface area contributed by atoms with Crippen LogP contribution >= 0.6 is 0 Å². The molecule has 3 rings (SSSR count). The molecule has 0 fully saturated rings. The summed E-state index contributed by atoms with van der Waals surface area (Å²) in [6.45, 7) is 2.39. The van der Waals surface area contributed by atoms with Crippen LogP contribution in [-0.4, -0.2) is 25.5 Å². The second kappa shape index (κ2) is 9.55. The fourth-order valence-electron chi connectivity index (χ4n) is 2.77. The predicted octanol–water partition coefficient (Wildman–Crippen LogP) is 3.97. The van der Waals surface area contributed by atoms with E-state index in [4.69, 9.17) is 4.74 Å². The van der Waals surface area contributed by atoms with Crippen molar-refractivity contribution in [2.45, 2.75) is 13.5 Å². The average molecular weight is 388 g/mol. The standard InChI is InChI=1S/C24H24N2O3/c1-18-8-10-20(11-9-18)24(28)26(2)21-12-14-22(15-13-21)29-17-23(27)25-16-19-6-4-3-5-7-19/h3-15H,16-17H2,1-2H3,(H,25,27). The van der Waals surface area contributed by atoms with Gasteiger partial charge in [-0.1, -0.05) is 48.0 Å². The van der Waals surface area contributed by atoms with Crippen molar-refractivity contribution in [2.24, 2.45) is 0 Å². The molecule has 5 nitrogen and oxygen atoms in total. The van der Waals surface area contributed by atoms with Gasteiger partial charge in [-0.15, -0.1) is 0 Å². The fraction of sp³-hybridized carbons (Fsp3) is 0.167. The highest BCUT2D eigenvalue weighted by atomic mass is 16.5. The molecule has 148 valence electrons. The quantitative estimate of drug-likeness (QED) is 0.666. The zero-order chi connectivity index (χ0) is 20.6. The highest BCUT2D eigenvalue weighted by Crippen LogP contribution is 2.20. The monoisotopic (exact) mass is 388 g/mol. The van der Waals surface area contributed by atoms with Crippen LogP contribution in [0.5, 0.6) is 5.75 Å². The van der Waals surface area contributed by atoms with Crippen LogP contribution in [0.25, 0.3) is 0 Å². The summed E-state index contributed by atoms with van der Waals surface area (Å²) in [5.74, 6) is 0.295. The van der Waals surface area contributed by atoms with Crippen molar-refractivity contribution >= 4 is 17.5 Å². The van der Waals surface area contributed by atoms with Gasteiger partial charge in [0.1, 0.15) is 5.75 Å². The normalized spacial score (nSPS) is 10.3. The van der Waals surface area contributed by atoms with Crippen molar-refractivity contribution in [1.29, 1.82) is 0 Å². The second-order valence-corrected chi connectivity index (χ2v) is 6.78. The molecular weight excluding hydrogens is 364 g/mol. The van der Waals surface area contributed by atoms with Crippen LogP contribution in [-0.2, 0) is 11.3 Å². The number of amides is 2. The van der Waals surface area contributed by atoms with Gasteiger partial charge in [-0.25, -0.2) is 0 Å². The van der Waals surface area contributed by atoms with E-state index in [2.05, 4.69) is 5.32 Å². The van der Waals surface area contributed by atoms with Gasteiger partial charge in [0.25, 0.3) is 11.8 Å². The van der Waals surface area contributed by atoms with Gasteiger partial charge in [-0.2, -0.15) is 0 Å². The summed E-state index contributed by atoms with van der Waals surface area (Å²) in [5, 5.41) is 2.82. The summed E-state index contributed by atoms with van der Waals surface area (Å²) < 4.78 is 5.53. The lowest BCUT2D eigenvalue weighted by molar-refractivity contribution is -0.123. The third-order valence-electron chi connectivity index (χ3n) is 4.53. The summed E-state index contributed by atoms with van der Waals surface area (Å²) in [5.41, 5.74) is 3.52. The van der Waals surface area contributed by atoms with Crippen molar-refractivity contribution in [2.75, 3.05) is 18.6 Å². The van der Waals surface area contributed by atoms with E-state index in [9.17, 15) is 9.59 Å². The molecule has 0 saturated carbocycles. The zero-order valence-electron chi connectivity index (χ0n) is 16.6. The highest BCUT2D eigenvalue weighted by molar-refractivity contribution is 6.05. The van der Waals surface area contributed by atoms with E-state index >= 15 is 0 Å². The van der Waals surface area contributed by atoms with Gasteiger partial charge in [0.15, 0.2) is 6.61 Å². The van der Waals surface area contributed by atoms with E-state index in [1.165, 1.54) is 0 Å². The molecule has 0 aliphatic heterocycles. The molecule has 5 heteroatoms. The number of benzene rings is 3. The number of nitrogens with one attached hydrogen (secondary N) is 1. The molecule has 0 heterocycles. The molecule has 0 aromatic heterocycles. The van der Waals surface area contributed by atoms with Gasteiger partial charge in [0.05, 0.1) is 0 Å². The molecular formula is C24H24N2O3. The Bertz CT molecular complexity index is 952. The van der Waals surface area contributed by atoms with Crippen molar-refractivity contribution in [1.82, 2.24) is 5.32 Å². The van der Waals surface area contributed by atoms with E-state index in [0.29, 0.717) is 17.9 Å². The molecule has 0 saturated heterocycles. The Morgan fingerprint density at radius 3 is 2.21 bits per heavy atom. The molecule has 1 N–H and O–H groups in total. The molecule has 0 aliphatic rings. The summed E-state index contributed by atoms with van der Waals surface area (Å²) >= 11 is 0.